The van der Waals surface area contributed by atoms with Crippen LogP contribution in [-0.4, -0.2) is 92.6 Å². The number of hydrogen-bond donors (Lipinski definition) is 3. The molecular formula is C42H69NaO11. The first-order valence-electron chi connectivity index (χ1n) is 20.7. The van der Waals surface area contributed by atoms with Crippen molar-refractivity contribution in [3.05, 3.63) is 12.2 Å². The number of ether oxygens (including phenoxy) is 5. The second-order valence-corrected chi connectivity index (χ2v) is 17.9. The third kappa shape index (κ3) is 8.63. The van der Waals surface area contributed by atoms with E-state index < -0.39 is 82.9 Å². The smallest absolute Gasteiger partial charge is 0.550 e. The molecule has 0 radical (unpaired) electrons. The van der Waals surface area contributed by atoms with E-state index in [4.69, 9.17) is 23.7 Å². The summed E-state index contributed by atoms with van der Waals surface area (Å²) in [6.07, 6.45) is 5.22. The summed E-state index contributed by atoms with van der Waals surface area (Å²) in [7, 11) is 0. The first-order chi connectivity index (χ1) is 24.8. The van der Waals surface area contributed by atoms with E-state index in [2.05, 4.69) is 20.8 Å². The van der Waals surface area contributed by atoms with Crippen LogP contribution in [0, 0.1) is 41.4 Å². The van der Waals surface area contributed by atoms with Crippen LogP contribution in [0.5, 0.6) is 0 Å². The summed E-state index contributed by atoms with van der Waals surface area (Å²) < 4.78 is 33.4. The molecule has 0 aromatic carbocycles. The van der Waals surface area contributed by atoms with E-state index >= 15 is 0 Å². The molecule has 4 saturated heterocycles. The number of rotatable bonds is 12. The summed E-state index contributed by atoms with van der Waals surface area (Å²) in [6, 6.07) is 0. The van der Waals surface area contributed by atoms with E-state index in [9.17, 15) is 30.0 Å². The van der Waals surface area contributed by atoms with E-state index in [1.165, 1.54) is 0 Å². The van der Waals surface area contributed by atoms with Gasteiger partial charge in [-0.1, -0.05) is 55.4 Å². The van der Waals surface area contributed by atoms with Crippen LogP contribution in [0.1, 0.15) is 133 Å². The van der Waals surface area contributed by atoms with Gasteiger partial charge < -0.3 is 48.9 Å². The summed E-state index contributed by atoms with van der Waals surface area (Å²) >= 11 is 0. The molecule has 18 atom stereocenters. The van der Waals surface area contributed by atoms with Gasteiger partial charge in [0, 0.05) is 42.0 Å². The Bertz CT molecular complexity index is 1330. The number of aliphatic hydroxyl groups is 3. The summed E-state index contributed by atoms with van der Waals surface area (Å²) in [6.45, 7) is 19.5. The number of aliphatic carboxylic acids is 1. The Morgan fingerprint density at radius 2 is 1.57 bits per heavy atom. The Morgan fingerprint density at radius 1 is 0.907 bits per heavy atom. The average Bonchev–Trinajstić information content (AvgIpc) is 3.47. The van der Waals surface area contributed by atoms with Gasteiger partial charge in [0.25, 0.3) is 0 Å². The van der Waals surface area contributed by atoms with Crippen LogP contribution in [-0.2, 0) is 33.3 Å². The quantitative estimate of drug-likeness (QED) is 0.196. The van der Waals surface area contributed by atoms with E-state index in [0.717, 1.165) is 6.42 Å². The number of aliphatic hydroxyl groups excluding tert-OH is 2. The first-order valence-corrected chi connectivity index (χ1v) is 20.7. The first kappa shape index (κ1) is 46.3. The van der Waals surface area contributed by atoms with Crippen LogP contribution in [0.2, 0.25) is 0 Å². The van der Waals surface area contributed by atoms with Crippen LogP contribution < -0.4 is 34.7 Å². The predicted molar refractivity (Wildman–Crippen MR) is 196 cm³/mol. The zero-order valence-corrected chi connectivity index (χ0v) is 36.9. The molecule has 0 aromatic heterocycles. The molecule has 5 rings (SSSR count). The number of ketones is 1. The maximum Gasteiger partial charge on any atom is 1.00 e. The van der Waals surface area contributed by atoms with Crippen molar-refractivity contribution in [2.24, 2.45) is 41.4 Å². The average molecular weight is 773 g/mol. The SMILES string of the molecule is CC[C@H](C(=O)[C@H](C)[C@H](O)[C@@H](C)[C@H]1O[C@@H]([C@H](CC)C(=O)[O-])CC[C@@H]1C)[C@H]1O[C@]2(C=C[C@@H](O)[C@]3(CC[C@](C)([C@@H]4CC[C@](O)(CC)[C@H](C)O4)O3)O2)[C@H](C)C[C@@H]1C.[Na+]. The fourth-order valence-electron chi connectivity index (χ4n) is 10.5. The Balaban J connectivity index is 0.00000650. The molecule has 54 heavy (non-hydrogen) atoms. The molecule has 304 valence electrons. The van der Waals surface area contributed by atoms with Gasteiger partial charge in [0.1, 0.15) is 11.9 Å². The van der Waals surface area contributed by atoms with Gasteiger partial charge in [0.15, 0.2) is 5.79 Å². The predicted octanol–water partition coefficient (Wildman–Crippen LogP) is 1.86. The number of hydrogen-bond acceptors (Lipinski definition) is 11. The molecule has 5 heterocycles. The summed E-state index contributed by atoms with van der Waals surface area (Å²) in [5, 5.41) is 46.0. The number of carboxylic acids is 1. The van der Waals surface area contributed by atoms with Gasteiger partial charge in [0.05, 0.1) is 47.8 Å². The maximum atomic E-state index is 14.4. The van der Waals surface area contributed by atoms with Crippen molar-refractivity contribution in [1.82, 2.24) is 0 Å². The van der Waals surface area contributed by atoms with Gasteiger partial charge in [-0.05, 0) is 95.6 Å². The minimum absolute atomic E-state index is 0. The van der Waals surface area contributed by atoms with Crippen molar-refractivity contribution in [1.29, 1.82) is 0 Å². The third-order valence-electron chi connectivity index (χ3n) is 14.4. The van der Waals surface area contributed by atoms with Crippen molar-refractivity contribution in [2.45, 2.75) is 199 Å². The van der Waals surface area contributed by atoms with Gasteiger partial charge in [-0.2, -0.15) is 0 Å². The fraction of sp³-hybridized carbons (Fsp3) is 0.905. The molecule has 0 unspecified atom stereocenters. The van der Waals surface area contributed by atoms with E-state index in [1.54, 1.807) is 19.1 Å². The molecule has 2 spiro atoms. The van der Waals surface area contributed by atoms with Crippen molar-refractivity contribution in [3.63, 3.8) is 0 Å². The van der Waals surface area contributed by atoms with Crippen LogP contribution in [0.3, 0.4) is 0 Å². The van der Waals surface area contributed by atoms with Crippen LogP contribution >= 0.6 is 0 Å². The molecule has 0 aliphatic carbocycles. The Hall–Kier alpha value is -0.440. The topological polar surface area (TPSA) is 164 Å². The Kier molecular flexibility index (Phi) is 15.3. The third-order valence-corrected chi connectivity index (χ3v) is 14.4. The number of carbonyl (C=O) groups excluding carboxylic acids is 2. The molecule has 0 bridgehead atoms. The zero-order valence-electron chi connectivity index (χ0n) is 34.9. The van der Waals surface area contributed by atoms with Crippen molar-refractivity contribution in [3.8, 4) is 0 Å². The molecule has 0 aromatic rings. The maximum absolute atomic E-state index is 14.4. The van der Waals surface area contributed by atoms with E-state index in [-0.39, 0.29) is 65.3 Å². The second-order valence-electron chi connectivity index (χ2n) is 17.9. The molecule has 3 N–H and O–H groups in total. The summed E-state index contributed by atoms with van der Waals surface area (Å²) in [5.74, 6) is -6.24. The van der Waals surface area contributed by atoms with Crippen molar-refractivity contribution >= 4 is 11.8 Å². The van der Waals surface area contributed by atoms with Gasteiger partial charge in [-0.15, -0.1) is 0 Å². The minimum atomic E-state index is -1.37. The van der Waals surface area contributed by atoms with Crippen LogP contribution in [0.25, 0.3) is 0 Å². The Labute approximate surface area is 345 Å². The molecule has 5 aliphatic heterocycles. The molecule has 0 amide bonds. The normalized spacial score (nSPS) is 45.3. The molecule has 4 fully saturated rings. The Morgan fingerprint density at radius 3 is 2.17 bits per heavy atom. The summed E-state index contributed by atoms with van der Waals surface area (Å²) in [4.78, 5) is 26.2. The van der Waals surface area contributed by atoms with Crippen LogP contribution in [0.4, 0.5) is 0 Å². The van der Waals surface area contributed by atoms with Crippen LogP contribution in [0.15, 0.2) is 12.2 Å². The largest absolute Gasteiger partial charge is 1.00 e. The number of carboxylic acid groups (broad SMARTS) is 1. The number of Topliss-reactive ketones (excluding diaryl/α,β-unsaturated/α-hetero) is 1. The summed E-state index contributed by atoms with van der Waals surface area (Å²) in [5.41, 5.74) is -1.64. The number of carbonyl (C=O) groups is 2. The van der Waals surface area contributed by atoms with Crippen molar-refractivity contribution in [2.75, 3.05) is 0 Å². The molecular weight excluding hydrogens is 703 g/mol. The van der Waals surface area contributed by atoms with Gasteiger partial charge in [-0.25, -0.2) is 0 Å². The van der Waals surface area contributed by atoms with Gasteiger partial charge >= 0.3 is 29.6 Å². The standard InChI is InChI=1S/C42H70O11.Na/c1-11-29(38(46)47)31-15-14-23(4)36(50-31)27(8)34(44)26(7)35(45)30(12-2)37-24(5)22-25(6)41(51-37)19-16-32(43)42(53-41)21-20-39(10,52-42)33-17-18-40(48,13-3)28(9)49-33;/h16,19,23-34,36-37,43-44,48H,11-15,17-18,20-22H2,1-10H3,(H,46,47);/q;+1/p-1/t23-,24-,25+,26+,27+,28-,29-,30+,31+,32+,33-,34-,36-,37-,39+,40+,41-,42-;/m0./s1. The molecule has 11 nitrogen and oxygen atoms in total. The molecule has 5 aliphatic rings. The molecule has 0 saturated carbocycles. The van der Waals surface area contributed by atoms with E-state index in [0.29, 0.717) is 57.8 Å². The molecule has 12 heteroatoms. The minimum Gasteiger partial charge on any atom is -0.550 e. The second kappa shape index (κ2) is 17.8. The van der Waals surface area contributed by atoms with Gasteiger partial charge in [-0.3, -0.25) is 4.79 Å². The monoisotopic (exact) mass is 772 g/mol. The fourth-order valence-corrected chi connectivity index (χ4v) is 10.5. The van der Waals surface area contributed by atoms with E-state index in [1.807, 2.05) is 41.5 Å². The zero-order chi connectivity index (χ0) is 39.3. The van der Waals surface area contributed by atoms with Gasteiger partial charge in [0.2, 0.25) is 5.79 Å². The van der Waals surface area contributed by atoms with Crippen molar-refractivity contribution < 1.29 is 83.3 Å².